The zero-order valence-electron chi connectivity index (χ0n) is 15.7. The molecule has 0 radical (unpaired) electrons. The summed E-state index contributed by atoms with van der Waals surface area (Å²) < 4.78 is 0. The van der Waals surface area contributed by atoms with E-state index >= 15 is 0 Å². The molecule has 29 heavy (non-hydrogen) atoms. The molecule has 2 N–H and O–H groups in total. The molecule has 1 fully saturated rings. The summed E-state index contributed by atoms with van der Waals surface area (Å²) in [6, 6.07) is 21.0. The number of likely N-dealkylation sites (tertiary alicyclic amines) is 1. The normalized spacial score (nSPS) is 18.4. The van der Waals surface area contributed by atoms with Gasteiger partial charge >= 0.3 is 6.09 Å². The highest BCUT2D eigenvalue weighted by atomic mass is 16.4. The molecular weight excluding hydrogens is 366 g/mol. The minimum atomic E-state index is -1.00. The van der Waals surface area contributed by atoms with E-state index in [4.69, 9.17) is 0 Å². The summed E-state index contributed by atoms with van der Waals surface area (Å²) in [6.07, 6.45) is 2.49. The maximum atomic E-state index is 13.1. The number of hydrogen-bond acceptors (Lipinski definition) is 3. The molecule has 4 rings (SSSR count). The van der Waals surface area contributed by atoms with E-state index in [1.54, 1.807) is 12.4 Å². The fourth-order valence-corrected chi connectivity index (χ4v) is 3.81. The summed E-state index contributed by atoms with van der Waals surface area (Å²) in [5.74, 6) is -0.796. The molecule has 146 valence electrons. The Hall–Kier alpha value is -3.67. The third kappa shape index (κ3) is 4.11. The van der Waals surface area contributed by atoms with Crippen LogP contribution < -0.4 is 5.32 Å². The van der Waals surface area contributed by atoms with Gasteiger partial charge in [-0.2, -0.15) is 0 Å². The van der Waals surface area contributed by atoms with Gasteiger partial charge in [-0.1, -0.05) is 48.5 Å². The first-order valence-corrected chi connectivity index (χ1v) is 9.46. The molecule has 1 aliphatic rings. The molecule has 3 aromatic rings. The Morgan fingerprint density at radius 1 is 0.966 bits per heavy atom. The van der Waals surface area contributed by atoms with Crippen LogP contribution in [-0.4, -0.2) is 40.1 Å². The van der Waals surface area contributed by atoms with Crippen molar-refractivity contribution in [1.29, 1.82) is 0 Å². The Balaban J connectivity index is 1.56. The first-order chi connectivity index (χ1) is 14.1. The summed E-state index contributed by atoms with van der Waals surface area (Å²) in [5.41, 5.74) is 3.57. The van der Waals surface area contributed by atoms with Gasteiger partial charge in [0.25, 0.3) is 0 Å². The van der Waals surface area contributed by atoms with Crippen molar-refractivity contribution in [3.05, 3.63) is 84.7 Å². The fourth-order valence-electron chi connectivity index (χ4n) is 3.81. The second-order valence-electron chi connectivity index (χ2n) is 7.12. The number of amides is 2. The lowest BCUT2D eigenvalue weighted by Gasteiger charge is -2.18. The van der Waals surface area contributed by atoms with Gasteiger partial charge in [-0.3, -0.25) is 9.78 Å². The number of carbonyl (C=O) groups is 2. The number of nitrogens with one attached hydrogen (secondary N) is 1. The van der Waals surface area contributed by atoms with E-state index in [9.17, 15) is 14.7 Å². The SMILES string of the molecule is O=C(Nc1cccc(-c2cccnc2)c1)C1CN(C(=O)O)CC1c1ccccc1. The smallest absolute Gasteiger partial charge is 0.407 e. The van der Waals surface area contributed by atoms with Gasteiger partial charge in [-0.05, 0) is 29.3 Å². The van der Waals surface area contributed by atoms with Crippen molar-refractivity contribution in [3.8, 4) is 11.1 Å². The van der Waals surface area contributed by atoms with E-state index in [-0.39, 0.29) is 18.4 Å². The molecule has 0 saturated carbocycles. The van der Waals surface area contributed by atoms with Crippen molar-refractivity contribution in [2.24, 2.45) is 5.92 Å². The zero-order valence-corrected chi connectivity index (χ0v) is 15.7. The lowest BCUT2D eigenvalue weighted by atomic mass is 9.88. The largest absolute Gasteiger partial charge is 0.465 e. The maximum Gasteiger partial charge on any atom is 0.407 e. The van der Waals surface area contributed by atoms with E-state index in [2.05, 4.69) is 10.3 Å². The van der Waals surface area contributed by atoms with Crippen molar-refractivity contribution >= 4 is 17.7 Å². The number of pyridine rings is 1. The summed E-state index contributed by atoms with van der Waals surface area (Å²) >= 11 is 0. The summed E-state index contributed by atoms with van der Waals surface area (Å²) in [5, 5.41) is 12.4. The number of anilines is 1. The van der Waals surface area contributed by atoms with Gasteiger partial charge in [0, 0.05) is 42.7 Å². The topological polar surface area (TPSA) is 82.5 Å². The number of nitrogens with zero attached hydrogens (tertiary/aromatic N) is 2. The quantitative estimate of drug-likeness (QED) is 0.707. The minimum Gasteiger partial charge on any atom is -0.465 e. The van der Waals surface area contributed by atoms with Crippen LogP contribution in [0.2, 0.25) is 0 Å². The Labute approximate surface area is 168 Å². The minimum absolute atomic E-state index is 0.172. The average molecular weight is 387 g/mol. The number of hydrogen-bond donors (Lipinski definition) is 2. The fraction of sp³-hybridized carbons (Fsp3) is 0.174. The second kappa shape index (κ2) is 8.14. The third-order valence-corrected chi connectivity index (χ3v) is 5.28. The summed E-state index contributed by atoms with van der Waals surface area (Å²) in [6.45, 7) is 0.496. The highest BCUT2D eigenvalue weighted by Gasteiger charge is 2.40. The van der Waals surface area contributed by atoms with Gasteiger partial charge in [-0.25, -0.2) is 4.79 Å². The van der Waals surface area contributed by atoms with Crippen LogP contribution in [0.5, 0.6) is 0 Å². The molecule has 6 nitrogen and oxygen atoms in total. The first kappa shape index (κ1) is 18.7. The van der Waals surface area contributed by atoms with Gasteiger partial charge in [-0.15, -0.1) is 0 Å². The predicted molar refractivity (Wildman–Crippen MR) is 111 cm³/mol. The molecular formula is C23H21N3O3. The van der Waals surface area contributed by atoms with Crippen LogP contribution in [-0.2, 0) is 4.79 Å². The highest BCUT2D eigenvalue weighted by molar-refractivity contribution is 5.94. The van der Waals surface area contributed by atoms with Crippen LogP contribution in [0.3, 0.4) is 0 Å². The van der Waals surface area contributed by atoms with Crippen molar-refractivity contribution in [2.45, 2.75) is 5.92 Å². The molecule has 0 bridgehead atoms. The molecule has 1 aromatic heterocycles. The van der Waals surface area contributed by atoms with Crippen LogP contribution >= 0.6 is 0 Å². The van der Waals surface area contributed by atoms with Crippen LogP contribution in [0.1, 0.15) is 11.5 Å². The molecule has 2 heterocycles. The van der Waals surface area contributed by atoms with E-state index in [0.717, 1.165) is 16.7 Å². The van der Waals surface area contributed by atoms with Crippen LogP contribution in [0.4, 0.5) is 10.5 Å². The van der Waals surface area contributed by atoms with E-state index < -0.39 is 12.0 Å². The summed E-state index contributed by atoms with van der Waals surface area (Å²) in [4.78, 5) is 30.0. The van der Waals surface area contributed by atoms with Crippen molar-refractivity contribution in [3.63, 3.8) is 0 Å². The van der Waals surface area contributed by atoms with Gasteiger partial charge in [0.15, 0.2) is 0 Å². The van der Waals surface area contributed by atoms with Gasteiger partial charge in [0.05, 0.1) is 5.92 Å². The van der Waals surface area contributed by atoms with Gasteiger partial charge < -0.3 is 15.3 Å². The van der Waals surface area contributed by atoms with Gasteiger partial charge in [0.2, 0.25) is 5.91 Å². The van der Waals surface area contributed by atoms with E-state index in [1.807, 2.05) is 66.7 Å². The highest BCUT2D eigenvalue weighted by Crippen LogP contribution is 2.34. The van der Waals surface area contributed by atoms with E-state index in [0.29, 0.717) is 12.2 Å². The average Bonchev–Trinajstić information content (AvgIpc) is 3.21. The van der Waals surface area contributed by atoms with Crippen molar-refractivity contribution in [1.82, 2.24) is 9.88 Å². The summed E-state index contributed by atoms with van der Waals surface area (Å²) in [7, 11) is 0. The first-order valence-electron chi connectivity index (χ1n) is 9.46. The van der Waals surface area contributed by atoms with Gasteiger partial charge in [0.1, 0.15) is 0 Å². The molecule has 2 amide bonds. The van der Waals surface area contributed by atoms with E-state index in [1.165, 1.54) is 4.90 Å². The number of aromatic nitrogens is 1. The predicted octanol–water partition coefficient (Wildman–Crippen LogP) is 4.08. The molecule has 2 atom stereocenters. The van der Waals surface area contributed by atoms with Crippen LogP contribution in [0, 0.1) is 5.92 Å². The third-order valence-electron chi connectivity index (χ3n) is 5.28. The zero-order chi connectivity index (χ0) is 20.2. The molecule has 6 heteroatoms. The van der Waals surface area contributed by atoms with Crippen LogP contribution in [0.15, 0.2) is 79.1 Å². The Morgan fingerprint density at radius 2 is 1.76 bits per heavy atom. The van der Waals surface area contributed by atoms with Crippen molar-refractivity contribution in [2.75, 3.05) is 18.4 Å². The Morgan fingerprint density at radius 3 is 2.48 bits per heavy atom. The number of rotatable bonds is 4. The lowest BCUT2D eigenvalue weighted by molar-refractivity contribution is -0.119. The van der Waals surface area contributed by atoms with Crippen LogP contribution in [0.25, 0.3) is 11.1 Å². The number of carbonyl (C=O) groups excluding carboxylic acids is 1. The molecule has 0 aliphatic carbocycles. The maximum absolute atomic E-state index is 13.1. The molecule has 1 aliphatic heterocycles. The number of benzene rings is 2. The number of carboxylic acid groups (broad SMARTS) is 1. The monoisotopic (exact) mass is 387 g/mol. The molecule has 2 aromatic carbocycles. The molecule has 2 unspecified atom stereocenters. The second-order valence-corrected chi connectivity index (χ2v) is 7.12. The molecule has 0 spiro atoms. The lowest BCUT2D eigenvalue weighted by Crippen LogP contribution is -2.30. The Kier molecular flexibility index (Phi) is 5.24. The van der Waals surface area contributed by atoms with Crippen molar-refractivity contribution < 1.29 is 14.7 Å². The molecule has 1 saturated heterocycles. The standard InChI is InChI=1S/C23H21N3O3/c27-22(25-19-10-4-8-17(12-19)18-9-5-11-24-13-18)21-15-26(23(28)29)14-20(21)16-6-2-1-3-7-16/h1-13,20-21H,14-15H2,(H,25,27)(H,28,29). The Bertz CT molecular complexity index is 1010.